The molecule has 1 aromatic carbocycles. The minimum atomic E-state index is -0.427. The van der Waals surface area contributed by atoms with Gasteiger partial charge in [0.25, 0.3) is 0 Å². The van der Waals surface area contributed by atoms with Crippen LogP contribution in [-0.4, -0.2) is 74.7 Å². The molecule has 2 N–H and O–H groups in total. The number of ether oxygens (including phenoxy) is 2. The summed E-state index contributed by atoms with van der Waals surface area (Å²) in [5, 5.41) is 0. The molecule has 0 atom stereocenters. The summed E-state index contributed by atoms with van der Waals surface area (Å²) < 4.78 is 10.5. The maximum absolute atomic E-state index is 12.7. The average Bonchev–Trinajstić information content (AvgIpc) is 2.81. The summed E-state index contributed by atoms with van der Waals surface area (Å²) in [5.74, 6) is 0.864. The van der Waals surface area contributed by atoms with Gasteiger partial charge in [-0.3, -0.25) is 9.59 Å². The summed E-state index contributed by atoms with van der Waals surface area (Å²) >= 11 is 0. The molecule has 0 bridgehead atoms. The number of methoxy groups -OCH3 is 2. The number of likely N-dealkylation sites (tertiary alicyclic amines) is 2. The summed E-state index contributed by atoms with van der Waals surface area (Å²) in [6, 6.07) is 8.40. The molecule has 7 nitrogen and oxygen atoms in total. The maximum atomic E-state index is 12.7. The van der Waals surface area contributed by atoms with E-state index in [1.165, 1.54) is 0 Å². The zero-order chi connectivity index (χ0) is 22.3. The predicted molar refractivity (Wildman–Crippen MR) is 120 cm³/mol. The van der Waals surface area contributed by atoms with Gasteiger partial charge in [0.2, 0.25) is 11.8 Å². The van der Waals surface area contributed by atoms with Crippen LogP contribution in [-0.2, 0) is 20.7 Å². The number of primary amides is 1. The van der Waals surface area contributed by atoms with E-state index in [9.17, 15) is 9.59 Å². The first-order valence-electron chi connectivity index (χ1n) is 11.4. The number of nitrogens with two attached hydrogens (primary N) is 1. The van der Waals surface area contributed by atoms with Gasteiger partial charge < -0.3 is 25.0 Å². The van der Waals surface area contributed by atoms with E-state index in [4.69, 9.17) is 15.2 Å². The molecule has 172 valence electrons. The average molecular weight is 432 g/mol. The van der Waals surface area contributed by atoms with Crippen LogP contribution < -0.4 is 10.5 Å². The van der Waals surface area contributed by atoms with Crippen molar-refractivity contribution in [2.75, 3.05) is 47.0 Å². The fourth-order valence-corrected chi connectivity index (χ4v) is 4.95. The molecule has 0 spiro atoms. The van der Waals surface area contributed by atoms with E-state index in [1.54, 1.807) is 14.2 Å². The number of rotatable bonds is 9. The number of carbonyl (C=O) groups is 2. The molecule has 2 heterocycles. The standard InChI is InChI=1S/C24H37N3O4/c1-30-17-12-24(23(25)29)10-15-26(16-11-24)20-8-13-27(14-9-20)22(28)7-6-19-4-3-5-21(18-19)31-2/h3-5,18,20H,6-17H2,1-2H3,(H2,25,29). The van der Waals surface area contributed by atoms with Gasteiger partial charge in [-0.15, -0.1) is 0 Å². The summed E-state index contributed by atoms with van der Waals surface area (Å²) in [6.07, 6.45) is 5.55. The minimum absolute atomic E-state index is 0.194. The molecule has 3 rings (SSSR count). The number of aryl methyl sites for hydroxylation is 1. The molecule has 0 unspecified atom stereocenters. The van der Waals surface area contributed by atoms with Crippen molar-refractivity contribution in [3.63, 3.8) is 0 Å². The van der Waals surface area contributed by atoms with E-state index >= 15 is 0 Å². The van der Waals surface area contributed by atoms with Crippen LogP contribution in [0.15, 0.2) is 24.3 Å². The van der Waals surface area contributed by atoms with E-state index in [0.717, 1.165) is 69.6 Å². The molecule has 0 aromatic heterocycles. The highest BCUT2D eigenvalue weighted by molar-refractivity contribution is 5.81. The van der Waals surface area contributed by atoms with Crippen molar-refractivity contribution in [1.29, 1.82) is 0 Å². The van der Waals surface area contributed by atoms with E-state index < -0.39 is 5.41 Å². The molecular weight excluding hydrogens is 394 g/mol. The Morgan fingerprint density at radius 3 is 2.45 bits per heavy atom. The largest absolute Gasteiger partial charge is 0.497 e. The topological polar surface area (TPSA) is 85.1 Å². The van der Waals surface area contributed by atoms with E-state index in [-0.39, 0.29) is 11.8 Å². The number of piperidine rings is 2. The monoisotopic (exact) mass is 431 g/mol. The first-order valence-corrected chi connectivity index (χ1v) is 11.4. The molecule has 2 aliphatic rings. The lowest BCUT2D eigenvalue weighted by molar-refractivity contribution is -0.135. The van der Waals surface area contributed by atoms with Gasteiger partial charge in [0, 0.05) is 39.3 Å². The molecule has 2 aliphatic heterocycles. The SMILES string of the molecule is COCCC1(C(N)=O)CCN(C2CCN(C(=O)CCc3cccc(OC)c3)CC2)CC1. The number of carbonyl (C=O) groups excluding carboxylic acids is 2. The molecule has 2 fully saturated rings. The van der Waals surface area contributed by atoms with Gasteiger partial charge in [0.1, 0.15) is 5.75 Å². The van der Waals surface area contributed by atoms with Crippen LogP contribution in [0.25, 0.3) is 0 Å². The number of benzene rings is 1. The first kappa shape index (κ1) is 23.5. The highest BCUT2D eigenvalue weighted by Crippen LogP contribution is 2.36. The zero-order valence-corrected chi connectivity index (χ0v) is 19.0. The Morgan fingerprint density at radius 1 is 1.13 bits per heavy atom. The molecule has 0 saturated carbocycles. The van der Waals surface area contributed by atoms with Crippen LogP contribution in [0.1, 0.15) is 44.1 Å². The minimum Gasteiger partial charge on any atom is -0.497 e. The maximum Gasteiger partial charge on any atom is 0.223 e. The number of hydrogen-bond donors (Lipinski definition) is 1. The van der Waals surface area contributed by atoms with Gasteiger partial charge in [0.05, 0.1) is 12.5 Å². The lowest BCUT2D eigenvalue weighted by Crippen LogP contribution is -2.53. The molecule has 0 radical (unpaired) electrons. The Morgan fingerprint density at radius 2 is 1.84 bits per heavy atom. The third kappa shape index (κ3) is 5.98. The van der Waals surface area contributed by atoms with Gasteiger partial charge in [0.15, 0.2) is 0 Å². The number of nitrogens with zero attached hydrogens (tertiary/aromatic N) is 2. The zero-order valence-electron chi connectivity index (χ0n) is 19.0. The quantitative estimate of drug-likeness (QED) is 0.648. The van der Waals surface area contributed by atoms with Crippen molar-refractivity contribution in [2.24, 2.45) is 11.1 Å². The second-order valence-electron chi connectivity index (χ2n) is 8.89. The highest BCUT2D eigenvalue weighted by atomic mass is 16.5. The Hall–Kier alpha value is -2.12. The van der Waals surface area contributed by atoms with Gasteiger partial charge in [-0.2, -0.15) is 0 Å². The van der Waals surface area contributed by atoms with Crippen molar-refractivity contribution in [3.8, 4) is 5.75 Å². The van der Waals surface area contributed by atoms with E-state index in [2.05, 4.69) is 4.90 Å². The van der Waals surface area contributed by atoms with Crippen LogP contribution in [0.5, 0.6) is 5.75 Å². The number of amides is 2. The smallest absolute Gasteiger partial charge is 0.223 e. The van der Waals surface area contributed by atoms with Crippen molar-refractivity contribution in [1.82, 2.24) is 9.80 Å². The summed E-state index contributed by atoms with van der Waals surface area (Å²) in [4.78, 5) is 29.3. The lowest BCUT2D eigenvalue weighted by Gasteiger charge is -2.45. The molecule has 2 saturated heterocycles. The second kappa shape index (κ2) is 11.0. The molecule has 31 heavy (non-hydrogen) atoms. The first-order chi connectivity index (χ1) is 15.0. The van der Waals surface area contributed by atoms with Gasteiger partial charge >= 0.3 is 0 Å². The lowest BCUT2D eigenvalue weighted by atomic mass is 9.74. The fourth-order valence-electron chi connectivity index (χ4n) is 4.95. The Balaban J connectivity index is 1.43. The summed E-state index contributed by atoms with van der Waals surface area (Å²) in [5.41, 5.74) is 6.44. The third-order valence-electron chi connectivity index (χ3n) is 7.16. The van der Waals surface area contributed by atoms with E-state index in [0.29, 0.717) is 25.5 Å². The van der Waals surface area contributed by atoms with Crippen LogP contribution in [0.3, 0.4) is 0 Å². The molecule has 7 heteroatoms. The summed E-state index contributed by atoms with van der Waals surface area (Å²) in [7, 11) is 3.32. The molecule has 1 aromatic rings. The van der Waals surface area contributed by atoms with E-state index in [1.807, 2.05) is 29.2 Å². The Bertz CT molecular complexity index is 738. The molecule has 2 amide bonds. The van der Waals surface area contributed by atoms with Crippen molar-refractivity contribution in [2.45, 2.75) is 51.0 Å². The van der Waals surface area contributed by atoms with Crippen LogP contribution in [0.2, 0.25) is 0 Å². The second-order valence-corrected chi connectivity index (χ2v) is 8.89. The Kier molecular flexibility index (Phi) is 8.32. The van der Waals surface area contributed by atoms with Crippen LogP contribution in [0.4, 0.5) is 0 Å². The fraction of sp³-hybridized carbons (Fsp3) is 0.667. The van der Waals surface area contributed by atoms with Gasteiger partial charge in [-0.25, -0.2) is 0 Å². The normalized spacial score (nSPS) is 19.9. The van der Waals surface area contributed by atoms with Crippen LogP contribution in [0, 0.1) is 5.41 Å². The van der Waals surface area contributed by atoms with Crippen molar-refractivity contribution in [3.05, 3.63) is 29.8 Å². The highest BCUT2D eigenvalue weighted by Gasteiger charge is 2.41. The third-order valence-corrected chi connectivity index (χ3v) is 7.16. The molecular formula is C24H37N3O4. The Labute approximate surface area is 185 Å². The summed E-state index contributed by atoms with van der Waals surface area (Å²) in [6.45, 7) is 3.97. The van der Waals surface area contributed by atoms with Gasteiger partial charge in [-0.05, 0) is 69.3 Å². The van der Waals surface area contributed by atoms with Crippen LogP contribution >= 0.6 is 0 Å². The number of hydrogen-bond acceptors (Lipinski definition) is 5. The predicted octanol–water partition coefficient (Wildman–Crippen LogP) is 2.22. The van der Waals surface area contributed by atoms with Gasteiger partial charge in [-0.1, -0.05) is 12.1 Å². The van der Waals surface area contributed by atoms with Crippen molar-refractivity contribution < 1.29 is 19.1 Å². The van der Waals surface area contributed by atoms with Crippen molar-refractivity contribution >= 4 is 11.8 Å². The molecule has 0 aliphatic carbocycles.